The fourth-order valence-electron chi connectivity index (χ4n) is 3.68. The Labute approximate surface area is 174 Å². The first-order valence-electron chi connectivity index (χ1n) is 8.97. The Morgan fingerprint density at radius 2 is 2.00 bits per heavy atom. The largest absolute Gasteiger partial charge is 0.343 e. The topological polar surface area (TPSA) is 73.0 Å². The summed E-state index contributed by atoms with van der Waals surface area (Å²) in [6.07, 6.45) is 1.48. The molecule has 0 radical (unpaired) electrons. The number of hydrogen-bond donors (Lipinski definition) is 1. The summed E-state index contributed by atoms with van der Waals surface area (Å²) in [4.78, 5) is 40.9. The van der Waals surface area contributed by atoms with Gasteiger partial charge in [0.1, 0.15) is 24.0 Å². The standard InChI is InChI=1S/C20H27BrN4O3/c1-20(2,9-10-26)19-24(5)17(22-13-27)16(18(28)23(3)4)25(19)12-14-7-6-8-15(21)11-14/h6-8,10-11,13,19H,9,12H2,1-5H3,(H,22,27). The number of nitrogens with one attached hydrogen (secondary N) is 1. The van der Waals surface area contributed by atoms with Gasteiger partial charge >= 0.3 is 0 Å². The predicted molar refractivity (Wildman–Crippen MR) is 111 cm³/mol. The summed E-state index contributed by atoms with van der Waals surface area (Å²) in [6, 6.07) is 7.85. The van der Waals surface area contributed by atoms with Crippen molar-refractivity contribution >= 4 is 34.5 Å². The maximum Gasteiger partial charge on any atom is 0.273 e. The van der Waals surface area contributed by atoms with Crippen LogP contribution in [0, 0.1) is 5.41 Å². The van der Waals surface area contributed by atoms with E-state index >= 15 is 0 Å². The number of aldehydes is 1. The molecule has 1 aromatic carbocycles. The van der Waals surface area contributed by atoms with Crippen LogP contribution in [0.25, 0.3) is 0 Å². The summed E-state index contributed by atoms with van der Waals surface area (Å²) >= 11 is 3.49. The highest BCUT2D eigenvalue weighted by molar-refractivity contribution is 9.10. The van der Waals surface area contributed by atoms with Crippen molar-refractivity contribution in [3.05, 3.63) is 45.8 Å². The summed E-state index contributed by atoms with van der Waals surface area (Å²) in [6.45, 7) is 4.42. The van der Waals surface area contributed by atoms with Crippen molar-refractivity contribution in [2.45, 2.75) is 33.0 Å². The molecule has 0 saturated heterocycles. The molecule has 0 fully saturated rings. The van der Waals surface area contributed by atoms with E-state index in [0.717, 1.165) is 16.3 Å². The maximum atomic E-state index is 13.0. The van der Waals surface area contributed by atoms with Crippen LogP contribution in [0.3, 0.4) is 0 Å². The molecular formula is C20H27BrN4O3. The molecule has 1 aromatic rings. The van der Waals surface area contributed by atoms with Gasteiger partial charge in [0.25, 0.3) is 5.91 Å². The SMILES string of the molecule is CN(C)C(=O)C1=C(NC=O)N(C)C(C(C)(C)CC=O)N1Cc1cccc(Br)c1. The lowest BCUT2D eigenvalue weighted by Gasteiger charge is -2.42. The number of rotatable bonds is 8. The summed E-state index contributed by atoms with van der Waals surface area (Å²) < 4.78 is 0.942. The van der Waals surface area contributed by atoms with E-state index in [2.05, 4.69) is 21.2 Å². The average Bonchev–Trinajstić information content (AvgIpc) is 2.87. The minimum Gasteiger partial charge on any atom is -0.343 e. The summed E-state index contributed by atoms with van der Waals surface area (Å²) in [7, 11) is 5.18. The molecule has 0 saturated carbocycles. The van der Waals surface area contributed by atoms with Gasteiger partial charge in [-0.2, -0.15) is 0 Å². The Balaban J connectivity index is 2.61. The molecule has 1 unspecified atom stereocenters. The molecule has 152 valence electrons. The molecule has 7 nitrogen and oxygen atoms in total. The van der Waals surface area contributed by atoms with Crippen LogP contribution < -0.4 is 5.32 Å². The second kappa shape index (κ2) is 8.77. The Bertz CT molecular complexity index is 791. The van der Waals surface area contributed by atoms with Gasteiger partial charge < -0.3 is 24.8 Å². The van der Waals surface area contributed by atoms with E-state index in [1.165, 1.54) is 4.90 Å². The van der Waals surface area contributed by atoms with E-state index in [1.54, 1.807) is 14.1 Å². The fraction of sp³-hybridized carbons (Fsp3) is 0.450. The lowest BCUT2D eigenvalue weighted by molar-refractivity contribution is -0.127. The average molecular weight is 451 g/mol. The normalized spacial score (nSPS) is 17.0. The zero-order valence-electron chi connectivity index (χ0n) is 16.9. The number of likely N-dealkylation sites (N-methyl/N-ethyl adjacent to an activating group) is 1. The summed E-state index contributed by atoms with van der Waals surface area (Å²) in [5.41, 5.74) is 0.946. The Hall–Kier alpha value is -2.35. The number of nitrogens with zero attached hydrogens (tertiary/aromatic N) is 3. The van der Waals surface area contributed by atoms with Crippen molar-refractivity contribution in [3.8, 4) is 0 Å². The molecule has 0 spiro atoms. The van der Waals surface area contributed by atoms with Gasteiger partial charge in [0.2, 0.25) is 6.41 Å². The van der Waals surface area contributed by atoms with Crippen LogP contribution in [0.1, 0.15) is 25.8 Å². The number of carbonyl (C=O) groups is 3. The molecule has 0 aromatic heterocycles. The van der Waals surface area contributed by atoms with Gasteiger partial charge in [-0.25, -0.2) is 0 Å². The van der Waals surface area contributed by atoms with Gasteiger partial charge in [-0.15, -0.1) is 0 Å². The van der Waals surface area contributed by atoms with E-state index < -0.39 is 5.41 Å². The van der Waals surface area contributed by atoms with E-state index in [9.17, 15) is 14.4 Å². The van der Waals surface area contributed by atoms with Crippen LogP contribution in [-0.4, -0.2) is 60.6 Å². The quantitative estimate of drug-likeness (QED) is 0.614. The minimum atomic E-state index is -0.466. The zero-order valence-corrected chi connectivity index (χ0v) is 18.5. The minimum absolute atomic E-state index is 0.212. The second-order valence-corrected chi connectivity index (χ2v) is 8.68. The third-order valence-electron chi connectivity index (χ3n) is 4.88. The highest BCUT2D eigenvalue weighted by Crippen LogP contribution is 2.40. The Morgan fingerprint density at radius 1 is 1.32 bits per heavy atom. The highest BCUT2D eigenvalue weighted by atomic mass is 79.9. The molecule has 28 heavy (non-hydrogen) atoms. The van der Waals surface area contributed by atoms with Gasteiger partial charge in [0, 0.05) is 44.0 Å². The molecule has 1 aliphatic heterocycles. The van der Waals surface area contributed by atoms with Crippen molar-refractivity contribution < 1.29 is 14.4 Å². The lowest BCUT2D eigenvalue weighted by Crippen LogP contribution is -2.50. The van der Waals surface area contributed by atoms with Crippen molar-refractivity contribution in [2.24, 2.45) is 5.41 Å². The molecule has 0 aliphatic carbocycles. The van der Waals surface area contributed by atoms with Gasteiger partial charge in [-0.05, 0) is 17.7 Å². The number of benzene rings is 1. The number of carbonyl (C=O) groups excluding carboxylic acids is 3. The van der Waals surface area contributed by atoms with Crippen molar-refractivity contribution in [1.82, 2.24) is 20.0 Å². The Kier molecular flexibility index (Phi) is 6.87. The van der Waals surface area contributed by atoms with Crippen molar-refractivity contribution in [2.75, 3.05) is 21.1 Å². The highest BCUT2D eigenvalue weighted by Gasteiger charge is 2.47. The second-order valence-electron chi connectivity index (χ2n) is 7.76. The first-order valence-corrected chi connectivity index (χ1v) is 9.77. The lowest BCUT2D eigenvalue weighted by atomic mass is 9.85. The maximum absolute atomic E-state index is 13.0. The molecular weight excluding hydrogens is 424 g/mol. The van der Waals surface area contributed by atoms with E-state index in [-0.39, 0.29) is 12.1 Å². The van der Waals surface area contributed by atoms with E-state index in [1.807, 2.05) is 55.0 Å². The third-order valence-corrected chi connectivity index (χ3v) is 5.37. The fourth-order valence-corrected chi connectivity index (χ4v) is 4.13. The van der Waals surface area contributed by atoms with E-state index in [4.69, 9.17) is 0 Å². The van der Waals surface area contributed by atoms with Crippen molar-refractivity contribution in [3.63, 3.8) is 0 Å². The van der Waals surface area contributed by atoms with Gasteiger partial charge in [-0.3, -0.25) is 9.59 Å². The van der Waals surface area contributed by atoms with E-state index in [0.29, 0.717) is 30.9 Å². The van der Waals surface area contributed by atoms with Crippen LogP contribution in [0.5, 0.6) is 0 Å². The third kappa shape index (κ3) is 4.38. The molecule has 1 heterocycles. The molecule has 1 aliphatic rings. The van der Waals surface area contributed by atoms with Gasteiger partial charge in [-0.1, -0.05) is 41.9 Å². The predicted octanol–water partition coefficient (Wildman–Crippen LogP) is 2.14. The zero-order chi connectivity index (χ0) is 21.1. The molecule has 2 amide bonds. The first kappa shape index (κ1) is 21.9. The number of hydrogen-bond acceptors (Lipinski definition) is 5. The molecule has 0 bridgehead atoms. The molecule has 8 heteroatoms. The van der Waals surface area contributed by atoms with Crippen LogP contribution in [0.4, 0.5) is 0 Å². The van der Waals surface area contributed by atoms with Gasteiger partial charge in [0.15, 0.2) is 0 Å². The summed E-state index contributed by atoms with van der Waals surface area (Å²) in [5, 5.41) is 2.69. The van der Waals surface area contributed by atoms with Crippen LogP contribution in [0.15, 0.2) is 40.3 Å². The molecule has 1 N–H and O–H groups in total. The van der Waals surface area contributed by atoms with Crippen LogP contribution in [-0.2, 0) is 20.9 Å². The first-order chi connectivity index (χ1) is 13.1. The van der Waals surface area contributed by atoms with Crippen molar-refractivity contribution in [1.29, 1.82) is 0 Å². The Morgan fingerprint density at radius 3 is 2.54 bits per heavy atom. The van der Waals surface area contributed by atoms with Crippen LogP contribution in [0.2, 0.25) is 0 Å². The number of halogens is 1. The van der Waals surface area contributed by atoms with Crippen LogP contribution >= 0.6 is 15.9 Å². The monoisotopic (exact) mass is 450 g/mol. The van der Waals surface area contributed by atoms with Gasteiger partial charge in [0.05, 0.1) is 0 Å². The smallest absolute Gasteiger partial charge is 0.273 e. The molecule has 1 atom stereocenters. The summed E-state index contributed by atoms with van der Waals surface area (Å²) in [5.74, 6) is 0.225. The number of amides is 2. The molecule has 2 rings (SSSR count).